The quantitative estimate of drug-likeness (QED) is 0.370. The van der Waals surface area contributed by atoms with Gasteiger partial charge in [0.25, 0.3) is 0 Å². The van der Waals surface area contributed by atoms with E-state index in [4.69, 9.17) is 14.6 Å². The second-order valence-corrected chi connectivity index (χ2v) is 3.96. The van der Waals surface area contributed by atoms with Gasteiger partial charge >= 0.3 is 0 Å². The lowest BCUT2D eigenvalue weighted by Crippen LogP contribution is -2.41. The first kappa shape index (κ1) is 15.8. The minimum atomic E-state index is -1.06. The highest BCUT2D eigenvalue weighted by molar-refractivity contribution is 4.73. The molecule has 3 N–H and O–H groups in total. The van der Waals surface area contributed by atoms with Crippen LogP contribution in [0.25, 0.3) is 0 Å². The van der Waals surface area contributed by atoms with Crippen LogP contribution in [0.2, 0.25) is 0 Å². The van der Waals surface area contributed by atoms with Crippen LogP contribution in [0, 0.1) is 0 Å². The van der Waals surface area contributed by atoms with Crippen LogP contribution in [-0.4, -0.2) is 55.0 Å². The van der Waals surface area contributed by atoms with Crippen LogP contribution < -0.4 is 5.32 Å². The molecule has 16 heavy (non-hydrogen) atoms. The first-order chi connectivity index (χ1) is 7.55. The van der Waals surface area contributed by atoms with E-state index in [-0.39, 0.29) is 12.9 Å². The van der Waals surface area contributed by atoms with Gasteiger partial charge in [0.2, 0.25) is 0 Å². The number of nitrogens with one attached hydrogen (secondary N) is 1. The first-order valence-corrected chi connectivity index (χ1v) is 5.83. The van der Waals surface area contributed by atoms with Crippen LogP contribution in [0.3, 0.4) is 0 Å². The predicted molar refractivity (Wildman–Crippen MR) is 62.2 cm³/mol. The molecule has 0 aliphatic heterocycles. The smallest absolute Gasteiger partial charge is 0.158 e. The maximum absolute atomic E-state index is 9.52. The largest absolute Gasteiger partial charge is 0.393 e. The molecule has 1 unspecified atom stereocenters. The molecule has 1 atom stereocenters. The molecule has 0 aromatic heterocycles. The summed E-state index contributed by atoms with van der Waals surface area (Å²) in [5.74, 6) is 0. The zero-order valence-corrected chi connectivity index (χ0v) is 10.5. The Balaban J connectivity index is 3.61. The number of aliphatic hydroxyl groups is 2. The summed E-state index contributed by atoms with van der Waals surface area (Å²) in [4.78, 5) is 0. The Morgan fingerprint density at radius 1 is 1.25 bits per heavy atom. The van der Waals surface area contributed by atoms with Crippen molar-refractivity contribution in [1.82, 2.24) is 5.32 Å². The summed E-state index contributed by atoms with van der Waals surface area (Å²) in [6.45, 7) is 7.47. The molecule has 98 valence electrons. The van der Waals surface area contributed by atoms with Gasteiger partial charge in [-0.2, -0.15) is 0 Å². The zero-order valence-electron chi connectivity index (χ0n) is 10.5. The van der Waals surface area contributed by atoms with Crippen molar-refractivity contribution in [3.05, 3.63) is 0 Å². The summed E-state index contributed by atoms with van der Waals surface area (Å²) >= 11 is 0. The van der Waals surface area contributed by atoms with E-state index in [1.54, 1.807) is 6.92 Å². The van der Waals surface area contributed by atoms with Gasteiger partial charge in [-0.3, -0.25) is 0 Å². The van der Waals surface area contributed by atoms with E-state index in [2.05, 4.69) is 5.32 Å². The summed E-state index contributed by atoms with van der Waals surface area (Å²) < 4.78 is 10.7. The van der Waals surface area contributed by atoms with Crippen molar-refractivity contribution in [1.29, 1.82) is 0 Å². The maximum atomic E-state index is 9.52. The lowest BCUT2D eigenvalue weighted by atomic mass is 10.1. The number of hydrogen-bond acceptors (Lipinski definition) is 5. The SMILES string of the molecule is CCOC(CCNCC(C)(O)CO)OCC. The predicted octanol–water partition coefficient (Wildman–Crippen LogP) is 0.109. The summed E-state index contributed by atoms with van der Waals surface area (Å²) in [7, 11) is 0. The topological polar surface area (TPSA) is 71.0 Å². The lowest BCUT2D eigenvalue weighted by Gasteiger charge is -2.22. The molecule has 0 saturated heterocycles. The molecule has 0 aliphatic rings. The van der Waals surface area contributed by atoms with Crippen molar-refractivity contribution in [2.45, 2.75) is 39.1 Å². The number of aliphatic hydroxyl groups excluding tert-OH is 1. The van der Waals surface area contributed by atoms with Gasteiger partial charge < -0.3 is 25.0 Å². The second kappa shape index (κ2) is 8.90. The van der Waals surface area contributed by atoms with E-state index >= 15 is 0 Å². The van der Waals surface area contributed by atoms with Gasteiger partial charge in [0.15, 0.2) is 6.29 Å². The Kier molecular flexibility index (Phi) is 8.78. The molecule has 0 aliphatic carbocycles. The van der Waals surface area contributed by atoms with Crippen molar-refractivity contribution >= 4 is 0 Å². The summed E-state index contributed by atoms with van der Waals surface area (Å²) in [5.41, 5.74) is -1.06. The molecular weight excluding hydrogens is 210 g/mol. The van der Waals surface area contributed by atoms with E-state index in [0.717, 1.165) is 6.42 Å². The zero-order chi connectivity index (χ0) is 12.4. The molecule has 0 fully saturated rings. The molecule has 5 nitrogen and oxygen atoms in total. The van der Waals surface area contributed by atoms with Crippen molar-refractivity contribution in [3.63, 3.8) is 0 Å². The molecule has 0 spiro atoms. The molecule has 0 radical (unpaired) electrons. The van der Waals surface area contributed by atoms with E-state index in [1.165, 1.54) is 0 Å². The summed E-state index contributed by atoms with van der Waals surface area (Å²) in [6, 6.07) is 0. The lowest BCUT2D eigenvalue weighted by molar-refractivity contribution is -0.139. The van der Waals surface area contributed by atoms with Crippen LogP contribution in [0.5, 0.6) is 0 Å². The van der Waals surface area contributed by atoms with Crippen LogP contribution >= 0.6 is 0 Å². The number of hydrogen-bond donors (Lipinski definition) is 3. The molecule has 0 amide bonds. The Labute approximate surface area is 97.8 Å². The van der Waals surface area contributed by atoms with Gasteiger partial charge in [0.1, 0.15) is 0 Å². The monoisotopic (exact) mass is 235 g/mol. The van der Waals surface area contributed by atoms with Crippen LogP contribution in [0.15, 0.2) is 0 Å². The van der Waals surface area contributed by atoms with E-state index in [0.29, 0.717) is 26.3 Å². The second-order valence-electron chi connectivity index (χ2n) is 3.96. The van der Waals surface area contributed by atoms with Crippen LogP contribution in [0.4, 0.5) is 0 Å². The Hall–Kier alpha value is -0.200. The molecule has 0 bridgehead atoms. The van der Waals surface area contributed by atoms with Gasteiger partial charge in [0, 0.05) is 32.7 Å². The Bertz CT molecular complexity index is 158. The fraction of sp³-hybridized carbons (Fsp3) is 1.00. The van der Waals surface area contributed by atoms with Crippen LogP contribution in [-0.2, 0) is 9.47 Å². The molecule has 0 aromatic rings. The van der Waals surface area contributed by atoms with Crippen molar-refractivity contribution in [2.24, 2.45) is 0 Å². The summed E-state index contributed by atoms with van der Waals surface area (Å²) in [5, 5.41) is 21.4. The third-order valence-electron chi connectivity index (χ3n) is 2.11. The number of rotatable bonds is 10. The van der Waals surface area contributed by atoms with Crippen LogP contribution in [0.1, 0.15) is 27.2 Å². The van der Waals surface area contributed by atoms with Gasteiger partial charge in [-0.15, -0.1) is 0 Å². The molecule has 0 rings (SSSR count). The molecular formula is C11H25NO4. The molecule has 0 aromatic carbocycles. The van der Waals surface area contributed by atoms with Gasteiger partial charge in [-0.25, -0.2) is 0 Å². The normalized spacial score (nSPS) is 15.4. The first-order valence-electron chi connectivity index (χ1n) is 5.83. The minimum absolute atomic E-state index is 0.193. The van der Waals surface area contributed by atoms with E-state index in [1.807, 2.05) is 13.8 Å². The molecule has 0 heterocycles. The third kappa shape index (κ3) is 8.01. The fourth-order valence-electron chi connectivity index (χ4n) is 1.22. The van der Waals surface area contributed by atoms with E-state index in [9.17, 15) is 5.11 Å². The highest BCUT2D eigenvalue weighted by Crippen LogP contribution is 2.01. The fourth-order valence-corrected chi connectivity index (χ4v) is 1.22. The van der Waals surface area contributed by atoms with Crippen molar-refractivity contribution in [2.75, 3.05) is 32.9 Å². The molecule has 0 saturated carbocycles. The number of ether oxygens (including phenoxy) is 2. The highest BCUT2D eigenvalue weighted by Gasteiger charge is 2.18. The van der Waals surface area contributed by atoms with E-state index < -0.39 is 5.60 Å². The average Bonchev–Trinajstić information content (AvgIpc) is 2.25. The minimum Gasteiger partial charge on any atom is -0.393 e. The Morgan fingerprint density at radius 2 is 1.81 bits per heavy atom. The van der Waals surface area contributed by atoms with Gasteiger partial charge in [-0.1, -0.05) is 0 Å². The van der Waals surface area contributed by atoms with Gasteiger partial charge in [0.05, 0.1) is 12.2 Å². The summed E-state index contributed by atoms with van der Waals surface area (Å²) in [6.07, 6.45) is 0.532. The maximum Gasteiger partial charge on any atom is 0.158 e. The Morgan fingerprint density at radius 3 is 2.25 bits per heavy atom. The standard InChI is InChI=1S/C11H25NO4/c1-4-15-10(16-5-2)6-7-12-8-11(3,14)9-13/h10,12-14H,4-9H2,1-3H3. The van der Waals surface area contributed by atoms with Crippen molar-refractivity contribution in [3.8, 4) is 0 Å². The highest BCUT2D eigenvalue weighted by atomic mass is 16.7. The average molecular weight is 235 g/mol. The molecule has 5 heteroatoms. The van der Waals surface area contributed by atoms with Crippen molar-refractivity contribution < 1.29 is 19.7 Å². The van der Waals surface area contributed by atoms with Gasteiger partial charge in [-0.05, 0) is 20.8 Å². The third-order valence-corrected chi connectivity index (χ3v) is 2.11.